The van der Waals surface area contributed by atoms with E-state index >= 15 is 0 Å². The molecule has 2 atom stereocenters. The second kappa shape index (κ2) is 4.94. The smallest absolute Gasteiger partial charge is 0.311 e. The molecule has 0 bridgehead atoms. The Balaban J connectivity index is 2.52. The van der Waals surface area contributed by atoms with Crippen LogP contribution in [0.1, 0.15) is 33.6 Å². The maximum atomic E-state index is 11.7. The Labute approximate surface area is 91.5 Å². The molecule has 0 aliphatic carbocycles. The topological polar surface area (TPSA) is 64.3 Å². The van der Waals surface area contributed by atoms with Crippen LogP contribution in [0.4, 0.5) is 0 Å². The third-order valence-corrected chi connectivity index (χ3v) is 2.58. The van der Waals surface area contributed by atoms with Gasteiger partial charge in [0.25, 0.3) is 0 Å². The Bertz CT molecular complexity index is 223. The number of nitrogens with two attached hydrogens (primary N) is 1. The predicted molar refractivity (Wildman–Crippen MR) is 59.4 cm³/mol. The third-order valence-electron chi connectivity index (χ3n) is 2.58. The van der Waals surface area contributed by atoms with E-state index in [0.717, 1.165) is 19.4 Å². The third kappa shape index (κ3) is 3.80. The van der Waals surface area contributed by atoms with Gasteiger partial charge in [-0.1, -0.05) is 0 Å². The van der Waals surface area contributed by atoms with E-state index in [9.17, 15) is 4.79 Å². The second-order valence-corrected chi connectivity index (χ2v) is 5.20. The van der Waals surface area contributed by atoms with Gasteiger partial charge in [-0.2, -0.15) is 0 Å². The van der Waals surface area contributed by atoms with Crippen LogP contribution < -0.4 is 11.1 Å². The van der Waals surface area contributed by atoms with Crippen molar-refractivity contribution in [1.29, 1.82) is 0 Å². The first kappa shape index (κ1) is 12.5. The monoisotopic (exact) mass is 214 g/mol. The SMILES string of the molecule is CC(C)(C)C(=O)OC1CNCCCC1N. The van der Waals surface area contributed by atoms with Crippen molar-refractivity contribution < 1.29 is 9.53 Å². The standard InChI is InChI=1S/C11H22N2O2/c1-11(2,3)10(14)15-9-7-13-6-4-5-8(9)12/h8-9,13H,4-7,12H2,1-3H3. The first-order chi connectivity index (χ1) is 6.91. The summed E-state index contributed by atoms with van der Waals surface area (Å²) < 4.78 is 5.42. The number of carbonyl (C=O) groups is 1. The van der Waals surface area contributed by atoms with Crippen molar-refractivity contribution in [2.75, 3.05) is 13.1 Å². The van der Waals surface area contributed by atoms with Crippen LogP contribution in [0.25, 0.3) is 0 Å². The molecule has 0 aromatic rings. The Morgan fingerprint density at radius 2 is 2.13 bits per heavy atom. The quantitative estimate of drug-likeness (QED) is 0.629. The van der Waals surface area contributed by atoms with Gasteiger partial charge in [-0.25, -0.2) is 0 Å². The Kier molecular flexibility index (Phi) is 4.11. The molecule has 1 aliphatic rings. The van der Waals surface area contributed by atoms with E-state index in [4.69, 9.17) is 10.5 Å². The van der Waals surface area contributed by atoms with Crippen LogP contribution in [0.2, 0.25) is 0 Å². The Morgan fingerprint density at radius 3 is 2.73 bits per heavy atom. The zero-order valence-electron chi connectivity index (χ0n) is 9.88. The fraction of sp³-hybridized carbons (Fsp3) is 0.909. The van der Waals surface area contributed by atoms with Gasteiger partial charge in [0, 0.05) is 12.6 Å². The summed E-state index contributed by atoms with van der Waals surface area (Å²) in [7, 11) is 0. The number of ether oxygens (including phenoxy) is 1. The molecular formula is C11H22N2O2. The minimum absolute atomic E-state index is 0.0358. The van der Waals surface area contributed by atoms with Crippen LogP contribution in [0.3, 0.4) is 0 Å². The molecule has 1 heterocycles. The minimum atomic E-state index is -0.452. The van der Waals surface area contributed by atoms with Crippen LogP contribution >= 0.6 is 0 Å². The van der Waals surface area contributed by atoms with Crippen molar-refractivity contribution in [2.45, 2.75) is 45.8 Å². The van der Waals surface area contributed by atoms with Gasteiger partial charge >= 0.3 is 5.97 Å². The molecule has 0 amide bonds. The van der Waals surface area contributed by atoms with E-state index in [1.54, 1.807) is 0 Å². The van der Waals surface area contributed by atoms with E-state index in [2.05, 4.69) is 5.32 Å². The van der Waals surface area contributed by atoms with Gasteiger partial charge in [0.2, 0.25) is 0 Å². The number of rotatable bonds is 1. The van der Waals surface area contributed by atoms with E-state index in [1.165, 1.54) is 0 Å². The predicted octanol–water partition coefficient (Wildman–Crippen LogP) is 0.655. The lowest BCUT2D eigenvalue weighted by atomic mass is 9.97. The first-order valence-corrected chi connectivity index (χ1v) is 5.58. The number of hydrogen-bond donors (Lipinski definition) is 2. The normalized spacial score (nSPS) is 28.3. The average molecular weight is 214 g/mol. The summed E-state index contributed by atoms with van der Waals surface area (Å²) >= 11 is 0. The summed E-state index contributed by atoms with van der Waals surface area (Å²) in [5.74, 6) is -0.174. The minimum Gasteiger partial charge on any atom is -0.459 e. The van der Waals surface area contributed by atoms with Crippen LogP contribution in [0, 0.1) is 5.41 Å². The highest BCUT2D eigenvalue weighted by Gasteiger charge is 2.29. The van der Waals surface area contributed by atoms with Gasteiger partial charge in [-0.3, -0.25) is 4.79 Å². The van der Waals surface area contributed by atoms with E-state index in [1.807, 2.05) is 20.8 Å². The summed E-state index contributed by atoms with van der Waals surface area (Å²) in [6.07, 6.45) is 1.78. The van der Waals surface area contributed by atoms with Crippen LogP contribution in [-0.2, 0) is 9.53 Å². The van der Waals surface area contributed by atoms with E-state index < -0.39 is 5.41 Å². The van der Waals surface area contributed by atoms with Crippen molar-refractivity contribution in [3.63, 3.8) is 0 Å². The molecule has 1 rings (SSSR count). The molecule has 0 radical (unpaired) electrons. The second-order valence-electron chi connectivity index (χ2n) is 5.20. The lowest BCUT2D eigenvalue weighted by Gasteiger charge is -2.25. The molecule has 0 aromatic heterocycles. The first-order valence-electron chi connectivity index (χ1n) is 5.58. The Hall–Kier alpha value is -0.610. The molecule has 3 N–H and O–H groups in total. The summed E-state index contributed by atoms with van der Waals surface area (Å²) in [5.41, 5.74) is 5.50. The number of nitrogens with one attached hydrogen (secondary N) is 1. The molecule has 4 nitrogen and oxygen atoms in total. The average Bonchev–Trinajstić information content (AvgIpc) is 2.30. The van der Waals surface area contributed by atoms with Crippen LogP contribution in [0.5, 0.6) is 0 Å². The number of esters is 1. The molecular weight excluding hydrogens is 192 g/mol. The van der Waals surface area contributed by atoms with E-state index in [0.29, 0.717) is 6.54 Å². The van der Waals surface area contributed by atoms with Gasteiger partial charge in [-0.05, 0) is 40.2 Å². The molecule has 15 heavy (non-hydrogen) atoms. The van der Waals surface area contributed by atoms with Gasteiger partial charge < -0.3 is 15.8 Å². The molecule has 1 fully saturated rings. The zero-order chi connectivity index (χ0) is 11.5. The fourth-order valence-corrected chi connectivity index (χ4v) is 1.49. The maximum absolute atomic E-state index is 11.7. The Morgan fingerprint density at radius 1 is 1.47 bits per heavy atom. The van der Waals surface area contributed by atoms with Crippen molar-refractivity contribution >= 4 is 5.97 Å². The highest BCUT2D eigenvalue weighted by Crippen LogP contribution is 2.18. The van der Waals surface area contributed by atoms with Crippen LogP contribution in [0.15, 0.2) is 0 Å². The lowest BCUT2D eigenvalue weighted by molar-refractivity contribution is -0.159. The highest BCUT2D eigenvalue weighted by atomic mass is 16.5. The highest BCUT2D eigenvalue weighted by molar-refractivity contribution is 5.75. The summed E-state index contributed by atoms with van der Waals surface area (Å²) in [6.45, 7) is 7.18. The summed E-state index contributed by atoms with van der Waals surface area (Å²) in [6, 6.07) is -0.0358. The fourth-order valence-electron chi connectivity index (χ4n) is 1.49. The molecule has 4 heteroatoms. The zero-order valence-corrected chi connectivity index (χ0v) is 9.88. The van der Waals surface area contributed by atoms with Crippen molar-refractivity contribution in [1.82, 2.24) is 5.32 Å². The van der Waals surface area contributed by atoms with Crippen molar-refractivity contribution in [2.24, 2.45) is 11.1 Å². The van der Waals surface area contributed by atoms with Gasteiger partial charge in [-0.15, -0.1) is 0 Å². The molecule has 0 aromatic carbocycles. The molecule has 0 saturated carbocycles. The molecule has 1 saturated heterocycles. The maximum Gasteiger partial charge on any atom is 0.311 e. The lowest BCUT2D eigenvalue weighted by Crippen LogP contribution is -2.44. The molecule has 2 unspecified atom stereocenters. The molecule has 1 aliphatic heterocycles. The van der Waals surface area contributed by atoms with Gasteiger partial charge in [0.05, 0.1) is 5.41 Å². The van der Waals surface area contributed by atoms with Gasteiger partial charge in [0.1, 0.15) is 6.10 Å². The summed E-state index contributed by atoms with van der Waals surface area (Å²) in [5, 5.41) is 3.23. The largest absolute Gasteiger partial charge is 0.459 e. The molecule has 88 valence electrons. The number of hydrogen-bond acceptors (Lipinski definition) is 4. The van der Waals surface area contributed by atoms with Gasteiger partial charge in [0.15, 0.2) is 0 Å². The summed E-state index contributed by atoms with van der Waals surface area (Å²) in [4.78, 5) is 11.7. The van der Waals surface area contributed by atoms with E-state index in [-0.39, 0.29) is 18.1 Å². The molecule has 0 spiro atoms. The van der Waals surface area contributed by atoms with Crippen molar-refractivity contribution in [3.8, 4) is 0 Å². The van der Waals surface area contributed by atoms with Crippen molar-refractivity contribution in [3.05, 3.63) is 0 Å². The van der Waals surface area contributed by atoms with Crippen LogP contribution in [-0.4, -0.2) is 31.2 Å². The number of carbonyl (C=O) groups excluding carboxylic acids is 1.